The molecule has 0 unspecified atom stereocenters. The second kappa shape index (κ2) is 10.0. The Balaban J connectivity index is 1.90. The molecular weight excluding hydrogens is 384 g/mol. The number of halogens is 1. The van der Waals surface area contributed by atoms with Crippen LogP contribution >= 0.6 is 11.6 Å². The Morgan fingerprint density at radius 1 is 0.966 bits per heavy atom. The molecule has 0 spiro atoms. The zero-order valence-electron chi connectivity index (χ0n) is 16.7. The van der Waals surface area contributed by atoms with Gasteiger partial charge < -0.3 is 15.1 Å². The van der Waals surface area contributed by atoms with Gasteiger partial charge in [-0.05, 0) is 63.5 Å². The van der Waals surface area contributed by atoms with Crippen molar-refractivity contribution in [1.29, 1.82) is 0 Å². The fourth-order valence-electron chi connectivity index (χ4n) is 3.05. The van der Waals surface area contributed by atoms with Crippen LogP contribution in [-0.2, 0) is 0 Å². The van der Waals surface area contributed by atoms with Crippen LogP contribution < -0.4 is 10.2 Å². The van der Waals surface area contributed by atoms with E-state index >= 15 is 0 Å². The molecule has 150 valence electrons. The van der Waals surface area contributed by atoms with E-state index in [1.807, 2.05) is 42.5 Å². The first kappa shape index (κ1) is 20.8. The Kier molecular flexibility index (Phi) is 7.22. The lowest BCUT2D eigenvalue weighted by Crippen LogP contribution is -2.25. The van der Waals surface area contributed by atoms with Crippen LogP contribution in [0, 0.1) is 0 Å². The first-order valence-electron chi connectivity index (χ1n) is 9.54. The van der Waals surface area contributed by atoms with E-state index < -0.39 is 0 Å². The second-order valence-corrected chi connectivity index (χ2v) is 7.36. The van der Waals surface area contributed by atoms with Crippen molar-refractivity contribution in [2.75, 3.05) is 37.4 Å². The minimum absolute atomic E-state index is 0.258. The van der Waals surface area contributed by atoms with Crippen LogP contribution in [0.3, 0.4) is 0 Å². The molecule has 3 rings (SSSR count). The highest BCUT2D eigenvalue weighted by Gasteiger charge is 2.18. The number of aromatic nitrogens is 1. The summed E-state index contributed by atoms with van der Waals surface area (Å²) in [7, 11) is 4.12. The van der Waals surface area contributed by atoms with Crippen molar-refractivity contribution < 1.29 is 4.79 Å². The number of benzene rings is 2. The Labute approximate surface area is 176 Å². The van der Waals surface area contributed by atoms with Crippen LogP contribution in [0.25, 0.3) is 0 Å². The SMILES string of the molecule is CN(C)CCCN(c1ccccc1)c1ncccc1NC(=O)c1ccccc1Cl. The van der Waals surface area contributed by atoms with Gasteiger partial charge >= 0.3 is 0 Å². The molecule has 0 aliphatic heterocycles. The summed E-state index contributed by atoms with van der Waals surface area (Å²) in [5.74, 6) is 0.448. The maximum Gasteiger partial charge on any atom is 0.257 e. The number of hydrogen-bond acceptors (Lipinski definition) is 4. The second-order valence-electron chi connectivity index (χ2n) is 6.95. The molecule has 0 aliphatic carbocycles. The average molecular weight is 409 g/mol. The molecule has 0 radical (unpaired) electrons. The Morgan fingerprint density at radius 2 is 1.69 bits per heavy atom. The third-order valence-corrected chi connectivity index (χ3v) is 4.79. The van der Waals surface area contributed by atoms with Gasteiger partial charge in [-0.1, -0.05) is 41.9 Å². The monoisotopic (exact) mass is 408 g/mol. The van der Waals surface area contributed by atoms with Crippen molar-refractivity contribution in [3.05, 3.63) is 83.5 Å². The summed E-state index contributed by atoms with van der Waals surface area (Å²) in [6, 6.07) is 20.8. The fraction of sp³-hybridized carbons (Fsp3) is 0.217. The molecule has 0 saturated heterocycles. The Hall–Kier alpha value is -2.89. The Bertz CT molecular complexity index is 946. The lowest BCUT2D eigenvalue weighted by atomic mass is 10.2. The zero-order valence-corrected chi connectivity index (χ0v) is 17.4. The van der Waals surface area contributed by atoms with Crippen molar-refractivity contribution in [3.8, 4) is 0 Å². The zero-order chi connectivity index (χ0) is 20.6. The predicted molar refractivity (Wildman–Crippen MR) is 120 cm³/mol. The minimum atomic E-state index is -0.258. The van der Waals surface area contributed by atoms with Crippen molar-refractivity contribution in [1.82, 2.24) is 9.88 Å². The molecule has 2 aromatic carbocycles. The number of para-hydroxylation sites is 1. The molecule has 0 aliphatic rings. The first-order chi connectivity index (χ1) is 14.1. The van der Waals surface area contributed by atoms with Crippen LogP contribution in [0.4, 0.5) is 17.2 Å². The number of rotatable bonds is 8. The molecule has 0 fully saturated rings. The molecule has 1 N–H and O–H groups in total. The summed E-state index contributed by atoms with van der Waals surface area (Å²) in [5.41, 5.74) is 2.10. The lowest BCUT2D eigenvalue weighted by Gasteiger charge is -2.26. The van der Waals surface area contributed by atoms with E-state index in [0.717, 1.165) is 25.2 Å². The summed E-state index contributed by atoms with van der Waals surface area (Å²) in [4.78, 5) is 21.7. The van der Waals surface area contributed by atoms with Gasteiger partial charge in [-0.15, -0.1) is 0 Å². The van der Waals surface area contributed by atoms with Crippen LogP contribution in [0.2, 0.25) is 5.02 Å². The standard InChI is InChI=1S/C23H25ClN4O/c1-27(2)16-9-17-28(18-10-4-3-5-11-18)22-21(14-8-15-25-22)26-23(29)19-12-6-7-13-20(19)24/h3-8,10-15H,9,16-17H2,1-2H3,(H,26,29). The van der Waals surface area contributed by atoms with Gasteiger partial charge in [-0.25, -0.2) is 4.98 Å². The maximum atomic E-state index is 12.8. The lowest BCUT2D eigenvalue weighted by molar-refractivity contribution is 0.102. The predicted octanol–water partition coefficient (Wildman–Crippen LogP) is 5.08. The van der Waals surface area contributed by atoms with Crippen molar-refractivity contribution >= 4 is 34.7 Å². The summed E-state index contributed by atoms with van der Waals surface area (Å²) in [6.45, 7) is 1.73. The Morgan fingerprint density at radius 3 is 2.41 bits per heavy atom. The molecule has 5 nitrogen and oxygen atoms in total. The average Bonchev–Trinajstić information content (AvgIpc) is 2.72. The maximum absolute atomic E-state index is 12.8. The topological polar surface area (TPSA) is 48.5 Å². The van der Waals surface area contributed by atoms with Gasteiger partial charge in [0.1, 0.15) is 0 Å². The molecule has 0 saturated carbocycles. The van der Waals surface area contributed by atoms with Gasteiger partial charge in [0.15, 0.2) is 5.82 Å². The van der Waals surface area contributed by atoms with Gasteiger partial charge in [0.05, 0.1) is 16.3 Å². The summed E-state index contributed by atoms with van der Waals surface area (Å²) >= 11 is 6.19. The van der Waals surface area contributed by atoms with E-state index in [-0.39, 0.29) is 5.91 Å². The molecule has 1 heterocycles. The highest BCUT2D eigenvalue weighted by atomic mass is 35.5. The van der Waals surface area contributed by atoms with E-state index in [2.05, 4.69) is 34.2 Å². The van der Waals surface area contributed by atoms with E-state index in [9.17, 15) is 4.79 Å². The number of nitrogens with zero attached hydrogens (tertiary/aromatic N) is 3. The quantitative estimate of drug-likeness (QED) is 0.564. The normalized spacial score (nSPS) is 10.8. The number of anilines is 3. The summed E-state index contributed by atoms with van der Waals surface area (Å²) in [6.07, 6.45) is 2.69. The van der Waals surface area contributed by atoms with Gasteiger partial charge in [-0.2, -0.15) is 0 Å². The third-order valence-electron chi connectivity index (χ3n) is 4.46. The van der Waals surface area contributed by atoms with Gasteiger partial charge in [0, 0.05) is 18.4 Å². The highest BCUT2D eigenvalue weighted by molar-refractivity contribution is 6.34. The van der Waals surface area contributed by atoms with Gasteiger partial charge in [0.2, 0.25) is 0 Å². The van der Waals surface area contributed by atoms with Crippen LogP contribution in [0.5, 0.6) is 0 Å². The number of amides is 1. The molecule has 29 heavy (non-hydrogen) atoms. The molecular formula is C23H25ClN4O. The molecule has 3 aromatic rings. The molecule has 1 aromatic heterocycles. The van der Waals surface area contributed by atoms with Crippen molar-refractivity contribution in [2.24, 2.45) is 0 Å². The van der Waals surface area contributed by atoms with Crippen molar-refractivity contribution in [2.45, 2.75) is 6.42 Å². The number of nitrogens with one attached hydrogen (secondary N) is 1. The van der Waals surface area contributed by atoms with Gasteiger partial charge in [0.25, 0.3) is 5.91 Å². The first-order valence-corrected chi connectivity index (χ1v) is 9.92. The summed E-state index contributed by atoms with van der Waals surface area (Å²) in [5, 5.41) is 3.40. The van der Waals surface area contributed by atoms with E-state index in [4.69, 9.17) is 11.6 Å². The largest absolute Gasteiger partial charge is 0.325 e. The smallest absolute Gasteiger partial charge is 0.257 e. The van der Waals surface area contributed by atoms with E-state index in [1.54, 1.807) is 30.5 Å². The fourth-order valence-corrected chi connectivity index (χ4v) is 3.28. The molecule has 0 bridgehead atoms. The highest BCUT2D eigenvalue weighted by Crippen LogP contribution is 2.30. The third kappa shape index (κ3) is 5.56. The van der Waals surface area contributed by atoms with E-state index in [1.165, 1.54) is 0 Å². The number of hydrogen-bond donors (Lipinski definition) is 1. The van der Waals surface area contributed by atoms with Crippen LogP contribution in [-0.4, -0.2) is 43.0 Å². The van der Waals surface area contributed by atoms with Crippen LogP contribution in [0.15, 0.2) is 72.9 Å². The molecule has 1 amide bonds. The minimum Gasteiger partial charge on any atom is -0.325 e. The number of carbonyl (C=O) groups excluding carboxylic acids is 1. The number of pyridine rings is 1. The van der Waals surface area contributed by atoms with Crippen molar-refractivity contribution in [3.63, 3.8) is 0 Å². The van der Waals surface area contributed by atoms with E-state index in [0.29, 0.717) is 22.1 Å². The number of carbonyl (C=O) groups is 1. The van der Waals surface area contributed by atoms with Crippen LogP contribution in [0.1, 0.15) is 16.8 Å². The molecule has 6 heteroatoms. The molecule has 0 atom stereocenters. The van der Waals surface area contributed by atoms with Gasteiger partial charge in [-0.3, -0.25) is 4.79 Å². The summed E-state index contributed by atoms with van der Waals surface area (Å²) < 4.78 is 0.